The van der Waals surface area contributed by atoms with Gasteiger partial charge in [-0.15, -0.1) is 11.3 Å². The molecule has 0 bridgehead atoms. The minimum absolute atomic E-state index is 0.256. The van der Waals surface area contributed by atoms with Gasteiger partial charge in [0.15, 0.2) is 0 Å². The quantitative estimate of drug-likeness (QED) is 0.751. The summed E-state index contributed by atoms with van der Waals surface area (Å²) in [4.78, 5) is 17.1. The van der Waals surface area contributed by atoms with E-state index in [1.165, 1.54) is 17.4 Å². The smallest absolute Gasteiger partial charge is 0.267 e. The standard InChI is InChI=1S/C17H17BrN2O3S2/c18-14-7-3-4-12(10-14)8-9-25(22,23)20-17(21)16-15(19-11-24-16)13-5-1-2-6-13/h3-4,7-11,13H,1-2,5-6H2,(H,20,21)/b9-8+. The minimum atomic E-state index is -3.87. The molecule has 0 aliphatic heterocycles. The second kappa shape index (κ2) is 7.80. The zero-order valence-corrected chi connectivity index (χ0v) is 16.5. The van der Waals surface area contributed by atoms with Crippen LogP contribution in [0.5, 0.6) is 0 Å². The van der Waals surface area contributed by atoms with Crippen LogP contribution >= 0.6 is 27.3 Å². The van der Waals surface area contributed by atoms with E-state index in [9.17, 15) is 13.2 Å². The first-order chi connectivity index (χ1) is 11.9. The van der Waals surface area contributed by atoms with Crippen molar-refractivity contribution in [2.24, 2.45) is 0 Å². The molecule has 1 aliphatic rings. The van der Waals surface area contributed by atoms with Crippen molar-refractivity contribution in [2.75, 3.05) is 0 Å². The molecule has 1 fully saturated rings. The summed E-state index contributed by atoms with van der Waals surface area (Å²) >= 11 is 4.51. The van der Waals surface area contributed by atoms with Gasteiger partial charge in [-0.25, -0.2) is 18.1 Å². The maximum absolute atomic E-state index is 12.4. The topological polar surface area (TPSA) is 76.1 Å². The van der Waals surface area contributed by atoms with Crippen LogP contribution in [-0.4, -0.2) is 19.3 Å². The van der Waals surface area contributed by atoms with E-state index in [2.05, 4.69) is 25.6 Å². The Balaban J connectivity index is 1.73. The molecule has 5 nitrogen and oxygen atoms in total. The van der Waals surface area contributed by atoms with Gasteiger partial charge in [0, 0.05) is 10.4 Å². The van der Waals surface area contributed by atoms with Crippen LogP contribution in [0.4, 0.5) is 0 Å². The third-order valence-electron chi connectivity index (χ3n) is 4.07. The molecule has 0 spiro atoms. The molecule has 3 rings (SSSR count). The lowest BCUT2D eigenvalue weighted by atomic mass is 10.0. The molecule has 1 aromatic heterocycles. The summed E-state index contributed by atoms with van der Waals surface area (Å²) in [5.74, 6) is -0.352. The predicted molar refractivity (Wildman–Crippen MR) is 103 cm³/mol. The Hall–Kier alpha value is -1.51. The Morgan fingerprint density at radius 1 is 1.32 bits per heavy atom. The van der Waals surface area contributed by atoms with E-state index in [0.717, 1.165) is 46.8 Å². The highest BCUT2D eigenvalue weighted by Gasteiger charge is 2.26. The monoisotopic (exact) mass is 440 g/mol. The fourth-order valence-electron chi connectivity index (χ4n) is 2.90. The van der Waals surface area contributed by atoms with E-state index in [0.29, 0.717) is 4.88 Å². The molecule has 2 aromatic rings. The van der Waals surface area contributed by atoms with E-state index < -0.39 is 15.9 Å². The lowest BCUT2D eigenvalue weighted by Gasteiger charge is -2.08. The van der Waals surface area contributed by atoms with Gasteiger partial charge in [-0.05, 0) is 36.6 Å². The van der Waals surface area contributed by atoms with Gasteiger partial charge in [-0.1, -0.05) is 40.9 Å². The Bertz CT molecular complexity index is 900. The zero-order valence-electron chi connectivity index (χ0n) is 13.3. The summed E-state index contributed by atoms with van der Waals surface area (Å²) in [5.41, 5.74) is 3.05. The maximum Gasteiger partial charge on any atom is 0.276 e. The summed E-state index contributed by atoms with van der Waals surface area (Å²) in [5, 5.41) is 1.00. The number of sulfonamides is 1. The van der Waals surface area contributed by atoms with Crippen LogP contribution in [0.15, 0.2) is 39.7 Å². The SMILES string of the molecule is O=C(NS(=O)(=O)/C=C/c1cccc(Br)c1)c1scnc1C1CCCC1. The van der Waals surface area contributed by atoms with Crippen molar-refractivity contribution in [1.29, 1.82) is 0 Å². The Labute approximate surface area is 159 Å². The van der Waals surface area contributed by atoms with Gasteiger partial charge < -0.3 is 0 Å². The Kier molecular flexibility index (Phi) is 5.71. The second-order valence-corrected chi connectivity index (χ2v) is 9.22. The fraction of sp³-hybridized carbons (Fsp3) is 0.294. The van der Waals surface area contributed by atoms with Crippen LogP contribution in [0.3, 0.4) is 0 Å². The highest BCUT2D eigenvalue weighted by molar-refractivity contribution is 9.10. The molecule has 1 aromatic carbocycles. The van der Waals surface area contributed by atoms with Crippen LogP contribution in [-0.2, 0) is 10.0 Å². The van der Waals surface area contributed by atoms with Crippen LogP contribution in [0.25, 0.3) is 6.08 Å². The van der Waals surface area contributed by atoms with Crippen LogP contribution in [0, 0.1) is 0 Å². The van der Waals surface area contributed by atoms with Gasteiger partial charge in [0.05, 0.1) is 16.6 Å². The predicted octanol–water partition coefficient (Wildman–Crippen LogP) is 4.29. The number of benzene rings is 1. The average Bonchev–Trinajstić information content (AvgIpc) is 3.23. The molecule has 0 radical (unpaired) electrons. The normalized spacial score (nSPS) is 15.7. The zero-order chi connectivity index (χ0) is 17.9. The van der Waals surface area contributed by atoms with Crippen molar-refractivity contribution < 1.29 is 13.2 Å². The Morgan fingerprint density at radius 2 is 2.08 bits per heavy atom. The number of nitrogens with zero attached hydrogens (tertiary/aromatic N) is 1. The number of hydrogen-bond donors (Lipinski definition) is 1. The van der Waals surface area contributed by atoms with Crippen LogP contribution < -0.4 is 4.72 Å². The summed E-state index contributed by atoms with van der Waals surface area (Å²) in [7, 11) is -3.87. The highest BCUT2D eigenvalue weighted by Crippen LogP contribution is 2.36. The van der Waals surface area contributed by atoms with Crippen molar-refractivity contribution in [2.45, 2.75) is 31.6 Å². The van der Waals surface area contributed by atoms with Gasteiger partial charge in [0.25, 0.3) is 15.9 Å². The molecule has 1 N–H and O–H groups in total. The molecule has 0 unspecified atom stereocenters. The summed E-state index contributed by atoms with van der Waals surface area (Å²) in [6.45, 7) is 0. The second-order valence-electron chi connectivity index (χ2n) is 5.88. The molecule has 1 aliphatic carbocycles. The average molecular weight is 441 g/mol. The summed E-state index contributed by atoms with van der Waals surface area (Å²) in [6, 6.07) is 7.22. The molecule has 25 heavy (non-hydrogen) atoms. The van der Waals surface area contributed by atoms with Crippen molar-refractivity contribution in [3.05, 3.63) is 55.8 Å². The summed E-state index contributed by atoms with van der Waals surface area (Å²) in [6.07, 6.45) is 5.69. The first-order valence-electron chi connectivity index (χ1n) is 7.89. The van der Waals surface area contributed by atoms with Gasteiger partial charge >= 0.3 is 0 Å². The number of carbonyl (C=O) groups excluding carboxylic acids is 1. The number of thiazole rings is 1. The van der Waals surface area contributed by atoms with Crippen molar-refractivity contribution in [3.8, 4) is 0 Å². The molecule has 0 saturated heterocycles. The van der Waals surface area contributed by atoms with Crippen molar-refractivity contribution >= 4 is 49.3 Å². The largest absolute Gasteiger partial charge is 0.276 e. The molecule has 0 atom stereocenters. The van der Waals surface area contributed by atoms with Gasteiger partial charge in [-0.2, -0.15) is 0 Å². The van der Waals surface area contributed by atoms with E-state index >= 15 is 0 Å². The molecule has 132 valence electrons. The van der Waals surface area contributed by atoms with Gasteiger partial charge in [0.2, 0.25) is 0 Å². The van der Waals surface area contributed by atoms with Crippen LogP contribution in [0.2, 0.25) is 0 Å². The number of amides is 1. The fourth-order valence-corrected chi connectivity index (χ4v) is 4.92. The van der Waals surface area contributed by atoms with Crippen molar-refractivity contribution in [1.82, 2.24) is 9.71 Å². The van der Waals surface area contributed by atoms with Gasteiger partial charge in [-0.3, -0.25) is 4.79 Å². The minimum Gasteiger partial charge on any atom is -0.267 e. The molecule has 1 heterocycles. The molecular weight excluding hydrogens is 424 g/mol. The van der Waals surface area contributed by atoms with E-state index in [1.807, 2.05) is 6.07 Å². The first-order valence-corrected chi connectivity index (χ1v) is 11.1. The molecule has 1 amide bonds. The number of nitrogens with one attached hydrogen (secondary N) is 1. The van der Waals surface area contributed by atoms with Crippen LogP contribution in [0.1, 0.15) is 52.5 Å². The molecule has 1 saturated carbocycles. The van der Waals surface area contributed by atoms with Gasteiger partial charge in [0.1, 0.15) is 4.88 Å². The third kappa shape index (κ3) is 4.77. The number of halogens is 1. The van der Waals surface area contributed by atoms with Crippen molar-refractivity contribution in [3.63, 3.8) is 0 Å². The number of hydrogen-bond acceptors (Lipinski definition) is 5. The van der Waals surface area contributed by atoms with E-state index in [-0.39, 0.29) is 5.92 Å². The lowest BCUT2D eigenvalue weighted by Crippen LogP contribution is -2.29. The van der Waals surface area contributed by atoms with E-state index in [1.54, 1.807) is 23.7 Å². The maximum atomic E-state index is 12.4. The first kappa shape index (κ1) is 18.3. The molecular formula is C17H17BrN2O3S2. The molecule has 8 heteroatoms. The lowest BCUT2D eigenvalue weighted by molar-refractivity contribution is 0.0984. The summed E-state index contributed by atoms with van der Waals surface area (Å²) < 4.78 is 27.3. The number of aromatic nitrogens is 1. The highest BCUT2D eigenvalue weighted by atomic mass is 79.9. The number of carbonyl (C=O) groups is 1. The number of rotatable bonds is 5. The van der Waals surface area contributed by atoms with E-state index in [4.69, 9.17) is 0 Å². The Morgan fingerprint density at radius 3 is 2.80 bits per heavy atom. The third-order valence-corrected chi connectivity index (χ3v) is 6.36.